The standard InChI is InChI=1S/C10H9F3N2O3/c11-5-1-4(2-6(12)9(5)13)15-10(18)7(14)3-8(16)17/h1-2,7H,3,14H2,(H,15,18)(H,16,17). The maximum Gasteiger partial charge on any atom is 0.305 e. The molecule has 98 valence electrons. The van der Waals surface area contributed by atoms with Crippen LogP contribution in [0.15, 0.2) is 12.1 Å². The van der Waals surface area contributed by atoms with Gasteiger partial charge in [-0.15, -0.1) is 0 Å². The Balaban J connectivity index is 2.79. The van der Waals surface area contributed by atoms with Gasteiger partial charge in [0.05, 0.1) is 12.5 Å². The Bertz CT molecular complexity index is 470. The molecular formula is C10H9F3N2O3. The van der Waals surface area contributed by atoms with Crippen LogP contribution in [0.1, 0.15) is 6.42 Å². The van der Waals surface area contributed by atoms with Gasteiger partial charge >= 0.3 is 5.97 Å². The van der Waals surface area contributed by atoms with E-state index in [1.165, 1.54) is 0 Å². The summed E-state index contributed by atoms with van der Waals surface area (Å²) in [7, 11) is 0. The monoisotopic (exact) mass is 262 g/mol. The molecule has 0 aromatic heterocycles. The first kappa shape index (κ1) is 14.0. The number of carbonyl (C=O) groups excluding carboxylic acids is 1. The number of nitrogens with one attached hydrogen (secondary N) is 1. The third-order valence-electron chi connectivity index (χ3n) is 1.98. The minimum Gasteiger partial charge on any atom is -0.481 e. The number of anilines is 1. The Morgan fingerprint density at radius 2 is 1.78 bits per heavy atom. The number of hydrogen-bond acceptors (Lipinski definition) is 3. The van der Waals surface area contributed by atoms with Crippen LogP contribution in [0.25, 0.3) is 0 Å². The summed E-state index contributed by atoms with van der Waals surface area (Å²) in [6.07, 6.45) is -0.641. The summed E-state index contributed by atoms with van der Waals surface area (Å²) in [4.78, 5) is 21.6. The smallest absolute Gasteiger partial charge is 0.305 e. The van der Waals surface area contributed by atoms with E-state index in [2.05, 4.69) is 0 Å². The molecular weight excluding hydrogens is 253 g/mol. The first-order valence-corrected chi connectivity index (χ1v) is 4.74. The number of benzene rings is 1. The van der Waals surface area contributed by atoms with Crippen molar-refractivity contribution in [2.45, 2.75) is 12.5 Å². The predicted octanol–water partition coefficient (Wildman–Crippen LogP) is 0.844. The second-order valence-electron chi connectivity index (χ2n) is 3.45. The van der Waals surface area contributed by atoms with E-state index in [0.29, 0.717) is 12.1 Å². The Hall–Kier alpha value is -2.09. The summed E-state index contributed by atoms with van der Waals surface area (Å²) < 4.78 is 38.2. The van der Waals surface area contributed by atoms with Crippen LogP contribution < -0.4 is 11.1 Å². The van der Waals surface area contributed by atoms with Crippen molar-refractivity contribution in [1.82, 2.24) is 0 Å². The number of amides is 1. The molecule has 18 heavy (non-hydrogen) atoms. The van der Waals surface area contributed by atoms with Crippen LogP contribution in [-0.4, -0.2) is 23.0 Å². The number of carboxylic acid groups (broad SMARTS) is 1. The molecule has 1 aromatic carbocycles. The molecule has 0 aliphatic carbocycles. The molecule has 1 aromatic rings. The SMILES string of the molecule is NC(CC(=O)O)C(=O)Nc1cc(F)c(F)c(F)c1. The normalized spacial score (nSPS) is 12.0. The summed E-state index contributed by atoms with van der Waals surface area (Å²) in [6.45, 7) is 0. The Kier molecular flexibility index (Phi) is 4.27. The van der Waals surface area contributed by atoms with Gasteiger partial charge in [-0.3, -0.25) is 9.59 Å². The number of carboxylic acids is 1. The van der Waals surface area contributed by atoms with Crippen LogP contribution in [0, 0.1) is 17.5 Å². The van der Waals surface area contributed by atoms with Gasteiger partial charge in [-0.05, 0) is 0 Å². The molecule has 5 nitrogen and oxygen atoms in total. The fourth-order valence-corrected chi connectivity index (χ4v) is 1.14. The highest BCUT2D eigenvalue weighted by Crippen LogP contribution is 2.17. The van der Waals surface area contributed by atoms with Crippen LogP contribution in [-0.2, 0) is 9.59 Å². The molecule has 0 aliphatic heterocycles. The molecule has 0 spiro atoms. The Labute approximate surface area is 99.4 Å². The van der Waals surface area contributed by atoms with Crippen molar-refractivity contribution < 1.29 is 27.9 Å². The first-order chi connectivity index (χ1) is 8.31. The lowest BCUT2D eigenvalue weighted by Gasteiger charge is -2.10. The van der Waals surface area contributed by atoms with Crippen LogP contribution in [0.4, 0.5) is 18.9 Å². The van der Waals surface area contributed by atoms with E-state index in [1.807, 2.05) is 5.32 Å². The van der Waals surface area contributed by atoms with Gasteiger partial charge in [0.2, 0.25) is 5.91 Å². The van der Waals surface area contributed by atoms with Gasteiger partial charge < -0.3 is 16.2 Å². The van der Waals surface area contributed by atoms with Gasteiger partial charge in [0.25, 0.3) is 0 Å². The summed E-state index contributed by atoms with van der Waals surface area (Å²) >= 11 is 0. The third kappa shape index (κ3) is 3.45. The van der Waals surface area contributed by atoms with Crippen molar-refractivity contribution in [3.05, 3.63) is 29.6 Å². The Morgan fingerprint density at radius 1 is 1.28 bits per heavy atom. The second-order valence-corrected chi connectivity index (χ2v) is 3.45. The maximum atomic E-state index is 12.8. The molecule has 0 saturated carbocycles. The van der Waals surface area contributed by atoms with Crippen molar-refractivity contribution in [3.8, 4) is 0 Å². The lowest BCUT2D eigenvalue weighted by Crippen LogP contribution is -2.37. The lowest BCUT2D eigenvalue weighted by molar-refractivity contribution is -0.138. The van der Waals surface area contributed by atoms with E-state index < -0.39 is 41.8 Å². The molecule has 4 N–H and O–H groups in total. The number of halogens is 3. The minimum absolute atomic E-state index is 0.350. The van der Waals surface area contributed by atoms with Gasteiger partial charge in [-0.1, -0.05) is 0 Å². The van der Waals surface area contributed by atoms with Crippen molar-refractivity contribution in [2.75, 3.05) is 5.32 Å². The zero-order valence-electron chi connectivity index (χ0n) is 8.91. The molecule has 8 heteroatoms. The van der Waals surface area contributed by atoms with Crippen LogP contribution in [0.5, 0.6) is 0 Å². The fraction of sp³-hybridized carbons (Fsp3) is 0.200. The van der Waals surface area contributed by atoms with Crippen LogP contribution in [0.2, 0.25) is 0 Å². The van der Waals surface area contributed by atoms with E-state index >= 15 is 0 Å². The molecule has 0 bridgehead atoms. The molecule has 1 rings (SSSR count). The van der Waals surface area contributed by atoms with Crippen molar-refractivity contribution in [1.29, 1.82) is 0 Å². The average molecular weight is 262 g/mol. The van der Waals surface area contributed by atoms with E-state index in [1.54, 1.807) is 0 Å². The fourth-order valence-electron chi connectivity index (χ4n) is 1.14. The largest absolute Gasteiger partial charge is 0.481 e. The molecule has 0 aliphatic rings. The summed E-state index contributed by atoms with van der Waals surface area (Å²) in [6, 6.07) is -0.258. The molecule has 0 saturated heterocycles. The number of carbonyl (C=O) groups is 2. The quantitative estimate of drug-likeness (QED) is 0.701. The average Bonchev–Trinajstić information content (AvgIpc) is 2.24. The summed E-state index contributed by atoms with van der Waals surface area (Å²) in [5, 5.41) is 10.4. The Morgan fingerprint density at radius 3 is 2.22 bits per heavy atom. The molecule has 0 radical (unpaired) electrons. The van der Waals surface area contributed by atoms with Gasteiger partial charge in [0.1, 0.15) is 0 Å². The van der Waals surface area contributed by atoms with Crippen LogP contribution >= 0.6 is 0 Å². The molecule has 1 amide bonds. The first-order valence-electron chi connectivity index (χ1n) is 4.74. The van der Waals surface area contributed by atoms with Crippen molar-refractivity contribution in [3.63, 3.8) is 0 Å². The van der Waals surface area contributed by atoms with Gasteiger partial charge in [0, 0.05) is 17.8 Å². The van der Waals surface area contributed by atoms with E-state index in [9.17, 15) is 22.8 Å². The van der Waals surface area contributed by atoms with Crippen LogP contribution in [0.3, 0.4) is 0 Å². The van der Waals surface area contributed by atoms with Gasteiger partial charge in [0.15, 0.2) is 17.5 Å². The van der Waals surface area contributed by atoms with E-state index in [4.69, 9.17) is 10.8 Å². The molecule has 0 heterocycles. The molecule has 0 fully saturated rings. The zero-order chi connectivity index (χ0) is 13.9. The van der Waals surface area contributed by atoms with E-state index in [-0.39, 0.29) is 5.69 Å². The summed E-state index contributed by atoms with van der Waals surface area (Å²) in [5.74, 6) is -6.85. The lowest BCUT2D eigenvalue weighted by atomic mass is 10.2. The zero-order valence-corrected chi connectivity index (χ0v) is 8.91. The number of aliphatic carboxylic acids is 1. The molecule has 1 unspecified atom stereocenters. The summed E-state index contributed by atoms with van der Waals surface area (Å²) in [5.41, 5.74) is 4.87. The van der Waals surface area contributed by atoms with Crippen molar-refractivity contribution >= 4 is 17.6 Å². The number of nitrogens with two attached hydrogens (primary N) is 1. The topological polar surface area (TPSA) is 92.4 Å². The van der Waals surface area contributed by atoms with E-state index in [0.717, 1.165) is 0 Å². The maximum absolute atomic E-state index is 12.8. The predicted molar refractivity (Wildman–Crippen MR) is 55.2 cm³/mol. The number of rotatable bonds is 4. The second kappa shape index (κ2) is 5.50. The van der Waals surface area contributed by atoms with Crippen molar-refractivity contribution in [2.24, 2.45) is 5.73 Å². The highest BCUT2D eigenvalue weighted by molar-refractivity contribution is 5.96. The minimum atomic E-state index is -1.66. The highest BCUT2D eigenvalue weighted by atomic mass is 19.2. The number of hydrogen-bond donors (Lipinski definition) is 3. The van der Waals surface area contributed by atoms with Gasteiger partial charge in [-0.2, -0.15) is 0 Å². The van der Waals surface area contributed by atoms with Gasteiger partial charge in [-0.25, -0.2) is 13.2 Å². The highest BCUT2D eigenvalue weighted by Gasteiger charge is 2.18. The third-order valence-corrected chi connectivity index (χ3v) is 1.98. The molecule has 1 atom stereocenters.